The van der Waals surface area contributed by atoms with Crippen molar-refractivity contribution in [1.82, 2.24) is 15.3 Å². The number of halogens is 1. The van der Waals surface area contributed by atoms with Gasteiger partial charge in [0.15, 0.2) is 0 Å². The zero-order valence-corrected chi connectivity index (χ0v) is 11.6. The quantitative estimate of drug-likeness (QED) is 0.908. The molecule has 0 aliphatic heterocycles. The SMILES string of the molecule is CCNCc1ncc(-c2cc(Br)ccc2C)[nH]1. The minimum absolute atomic E-state index is 0.781. The number of benzene rings is 1. The maximum atomic E-state index is 4.37. The Morgan fingerprint density at radius 2 is 2.24 bits per heavy atom. The second kappa shape index (κ2) is 5.47. The average molecular weight is 294 g/mol. The van der Waals surface area contributed by atoms with Crippen LogP contribution in [0.4, 0.5) is 0 Å². The summed E-state index contributed by atoms with van der Waals surface area (Å²) >= 11 is 3.50. The Balaban J connectivity index is 2.27. The van der Waals surface area contributed by atoms with Crippen molar-refractivity contribution in [3.63, 3.8) is 0 Å². The lowest BCUT2D eigenvalue weighted by Gasteiger charge is -2.03. The van der Waals surface area contributed by atoms with Crippen LogP contribution in [0.15, 0.2) is 28.9 Å². The summed E-state index contributed by atoms with van der Waals surface area (Å²) in [5.74, 6) is 0.973. The maximum absolute atomic E-state index is 4.37. The van der Waals surface area contributed by atoms with Crippen LogP contribution in [0.1, 0.15) is 18.3 Å². The summed E-state index contributed by atoms with van der Waals surface area (Å²) in [6.45, 7) is 5.92. The molecule has 2 N–H and O–H groups in total. The number of aryl methyl sites for hydroxylation is 1. The lowest BCUT2D eigenvalue weighted by Crippen LogP contribution is -2.12. The molecule has 0 fully saturated rings. The fourth-order valence-corrected chi connectivity index (χ4v) is 2.08. The van der Waals surface area contributed by atoms with E-state index in [-0.39, 0.29) is 0 Å². The Bertz CT molecular complexity index is 505. The minimum Gasteiger partial charge on any atom is -0.341 e. The van der Waals surface area contributed by atoms with E-state index in [0.717, 1.165) is 29.1 Å². The molecule has 2 rings (SSSR count). The zero-order valence-electron chi connectivity index (χ0n) is 10.0. The number of nitrogens with one attached hydrogen (secondary N) is 2. The summed E-state index contributed by atoms with van der Waals surface area (Å²) in [4.78, 5) is 7.71. The largest absolute Gasteiger partial charge is 0.341 e. The lowest BCUT2D eigenvalue weighted by atomic mass is 10.1. The summed E-state index contributed by atoms with van der Waals surface area (Å²) in [5, 5.41) is 3.25. The predicted molar refractivity (Wildman–Crippen MR) is 73.8 cm³/mol. The molecular weight excluding hydrogens is 278 g/mol. The van der Waals surface area contributed by atoms with E-state index in [1.165, 1.54) is 11.1 Å². The third-order valence-electron chi connectivity index (χ3n) is 2.66. The van der Waals surface area contributed by atoms with Crippen molar-refractivity contribution >= 4 is 15.9 Å². The van der Waals surface area contributed by atoms with E-state index in [0.29, 0.717) is 0 Å². The first-order chi connectivity index (χ1) is 8.20. The van der Waals surface area contributed by atoms with E-state index in [1.807, 2.05) is 6.20 Å². The number of H-pyrrole nitrogens is 1. The molecule has 3 nitrogen and oxygen atoms in total. The number of hydrogen-bond donors (Lipinski definition) is 2. The number of rotatable bonds is 4. The summed E-state index contributed by atoms with van der Waals surface area (Å²) in [6.07, 6.45) is 1.89. The predicted octanol–water partition coefficient (Wildman–Crippen LogP) is 3.26. The van der Waals surface area contributed by atoms with Crippen LogP contribution in [0.2, 0.25) is 0 Å². The molecule has 0 spiro atoms. The van der Waals surface area contributed by atoms with Crippen LogP contribution < -0.4 is 5.32 Å². The van der Waals surface area contributed by atoms with Crippen LogP contribution in [0.25, 0.3) is 11.3 Å². The van der Waals surface area contributed by atoms with E-state index in [2.05, 4.69) is 63.3 Å². The van der Waals surface area contributed by atoms with Crippen molar-refractivity contribution < 1.29 is 0 Å². The van der Waals surface area contributed by atoms with Gasteiger partial charge in [-0.25, -0.2) is 4.98 Å². The second-order valence-electron chi connectivity index (χ2n) is 3.98. The van der Waals surface area contributed by atoms with Crippen molar-refractivity contribution in [2.75, 3.05) is 6.54 Å². The van der Waals surface area contributed by atoms with Crippen molar-refractivity contribution in [3.8, 4) is 11.3 Å². The fourth-order valence-electron chi connectivity index (χ4n) is 1.72. The van der Waals surface area contributed by atoms with E-state index in [9.17, 15) is 0 Å². The molecule has 0 atom stereocenters. The van der Waals surface area contributed by atoms with Gasteiger partial charge in [-0.15, -0.1) is 0 Å². The minimum atomic E-state index is 0.781. The normalized spacial score (nSPS) is 10.8. The zero-order chi connectivity index (χ0) is 12.3. The van der Waals surface area contributed by atoms with Gasteiger partial charge in [0, 0.05) is 10.0 Å². The monoisotopic (exact) mass is 293 g/mol. The van der Waals surface area contributed by atoms with E-state index < -0.39 is 0 Å². The van der Waals surface area contributed by atoms with Gasteiger partial charge < -0.3 is 10.3 Å². The Morgan fingerprint density at radius 3 is 3.00 bits per heavy atom. The Morgan fingerprint density at radius 1 is 1.41 bits per heavy atom. The van der Waals surface area contributed by atoms with Crippen LogP contribution in [0, 0.1) is 6.92 Å². The molecule has 4 heteroatoms. The molecule has 1 aromatic heterocycles. The molecule has 90 valence electrons. The van der Waals surface area contributed by atoms with Crippen LogP contribution in [0.5, 0.6) is 0 Å². The number of aromatic amines is 1. The van der Waals surface area contributed by atoms with Crippen molar-refractivity contribution in [1.29, 1.82) is 0 Å². The summed E-state index contributed by atoms with van der Waals surface area (Å²) in [6, 6.07) is 6.26. The number of nitrogens with zero attached hydrogens (tertiary/aromatic N) is 1. The fraction of sp³-hybridized carbons (Fsp3) is 0.308. The average Bonchev–Trinajstić information content (AvgIpc) is 2.78. The molecule has 1 heterocycles. The molecule has 0 radical (unpaired) electrons. The standard InChI is InChI=1S/C13H16BrN3/c1-3-15-8-13-16-7-12(17-13)11-6-10(14)5-4-9(11)2/h4-7,15H,3,8H2,1-2H3,(H,16,17). The van der Waals surface area contributed by atoms with Gasteiger partial charge in [0.05, 0.1) is 18.4 Å². The highest BCUT2D eigenvalue weighted by Gasteiger charge is 2.06. The van der Waals surface area contributed by atoms with Crippen LogP contribution in [-0.4, -0.2) is 16.5 Å². The Kier molecular flexibility index (Phi) is 3.97. The Labute approximate surface area is 110 Å². The smallest absolute Gasteiger partial charge is 0.120 e. The van der Waals surface area contributed by atoms with Gasteiger partial charge in [-0.1, -0.05) is 28.9 Å². The first-order valence-electron chi connectivity index (χ1n) is 5.72. The van der Waals surface area contributed by atoms with Crippen LogP contribution in [0.3, 0.4) is 0 Å². The van der Waals surface area contributed by atoms with Gasteiger partial charge in [-0.3, -0.25) is 0 Å². The van der Waals surface area contributed by atoms with Gasteiger partial charge in [0.1, 0.15) is 5.82 Å². The first kappa shape index (κ1) is 12.3. The highest BCUT2D eigenvalue weighted by molar-refractivity contribution is 9.10. The molecule has 2 aromatic rings. The highest BCUT2D eigenvalue weighted by Crippen LogP contribution is 2.25. The number of aromatic nitrogens is 2. The number of hydrogen-bond acceptors (Lipinski definition) is 2. The van der Waals surface area contributed by atoms with Gasteiger partial charge in [0.2, 0.25) is 0 Å². The van der Waals surface area contributed by atoms with E-state index >= 15 is 0 Å². The van der Waals surface area contributed by atoms with E-state index in [4.69, 9.17) is 0 Å². The number of imidazole rings is 1. The van der Waals surface area contributed by atoms with Gasteiger partial charge >= 0.3 is 0 Å². The molecular formula is C13H16BrN3. The molecule has 17 heavy (non-hydrogen) atoms. The molecule has 0 aliphatic carbocycles. The van der Waals surface area contributed by atoms with Gasteiger partial charge in [-0.2, -0.15) is 0 Å². The first-order valence-corrected chi connectivity index (χ1v) is 6.51. The molecule has 0 aliphatic rings. The van der Waals surface area contributed by atoms with Crippen LogP contribution >= 0.6 is 15.9 Å². The third kappa shape index (κ3) is 2.96. The summed E-state index contributed by atoms with van der Waals surface area (Å²) in [7, 11) is 0. The third-order valence-corrected chi connectivity index (χ3v) is 3.15. The van der Waals surface area contributed by atoms with Crippen molar-refractivity contribution in [2.45, 2.75) is 20.4 Å². The van der Waals surface area contributed by atoms with E-state index in [1.54, 1.807) is 0 Å². The lowest BCUT2D eigenvalue weighted by molar-refractivity contribution is 0.698. The topological polar surface area (TPSA) is 40.7 Å². The highest BCUT2D eigenvalue weighted by atomic mass is 79.9. The van der Waals surface area contributed by atoms with Gasteiger partial charge in [-0.05, 0) is 31.2 Å². The molecule has 0 bridgehead atoms. The molecule has 0 unspecified atom stereocenters. The van der Waals surface area contributed by atoms with Crippen LogP contribution in [-0.2, 0) is 6.54 Å². The summed E-state index contributed by atoms with van der Waals surface area (Å²) in [5.41, 5.74) is 3.50. The second-order valence-corrected chi connectivity index (χ2v) is 4.90. The summed E-state index contributed by atoms with van der Waals surface area (Å²) < 4.78 is 1.08. The molecule has 0 saturated heterocycles. The molecule has 0 amide bonds. The Hall–Kier alpha value is -1.13. The van der Waals surface area contributed by atoms with Crippen molar-refractivity contribution in [3.05, 3.63) is 40.3 Å². The van der Waals surface area contributed by atoms with Gasteiger partial charge in [0.25, 0.3) is 0 Å². The van der Waals surface area contributed by atoms with Crippen molar-refractivity contribution in [2.24, 2.45) is 0 Å². The maximum Gasteiger partial charge on any atom is 0.120 e. The molecule has 0 saturated carbocycles. The molecule has 1 aromatic carbocycles.